The molecule has 2 aliphatic rings. The summed E-state index contributed by atoms with van der Waals surface area (Å²) in [5.41, 5.74) is 1.42. The molecule has 198 valence electrons. The second-order valence-electron chi connectivity index (χ2n) is 8.53. The van der Waals surface area contributed by atoms with Crippen LogP contribution in [0.2, 0.25) is 5.02 Å². The first-order chi connectivity index (χ1) is 18.1. The molecule has 12 heteroatoms. The highest BCUT2D eigenvalue weighted by atomic mass is 79.9. The molecule has 38 heavy (non-hydrogen) atoms. The van der Waals surface area contributed by atoms with E-state index in [2.05, 4.69) is 21.2 Å². The zero-order valence-electron chi connectivity index (χ0n) is 20.0. The number of benzene rings is 2. The van der Waals surface area contributed by atoms with Crippen LogP contribution in [0.4, 0.5) is 0 Å². The third kappa shape index (κ3) is 6.46. The van der Waals surface area contributed by atoms with Crippen molar-refractivity contribution in [2.24, 2.45) is 0 Å². The molecule has 0 saturated carbocycles. The smallest absolute Gasteiger partial charge is 0.333 e. The maximum absolute atomic E-state index is 13.1. The molecule has 2 aromatic carbocycles. The summed E-state index contributed by atoms with van der Waals surface area (Å²) in [4.78, 5) is 63.9. The number of nitrogens with zero attached hydrogens (tertiary/aromatic N) is 1. The van der Waals surface area contributed by atoms with Crippen LogP contribution in [0, 0.1) is 0 Å². The molecule has 1 N–H and O–H groups in total. The quantitative estimate of drug-likeness (QED) is 0.258. The van der Waals surface area contributed by atoms with Gasteiger partial charge in [-0.2, -0.15) is 0 Å². The minimum absolute atomic E-state index is 0.0511. The Labute approximate surface area is 236 Å². The van der Waals surface area contributed by atoms with Crippen molar-refractivity contribution < 1.29 is 33.4 Å². The fourth-order valence-corrected chi connectivity index (χ4v) is 5.55. The lowest BCUT2D eigenvalue weighted by Gasteiger charge is -2.51. The van der Waals surface area contributed by atoms with Crippen molar-refractivity contribution in [2.45, 2.75) is 30.8 Å². The number of esters is 2. The molecule has 1 saturated heterocycles. The summed E-state index contributed by atoms with van der Waals surface area (Å²) in [5.74, 6) is -2.65. The number of ether oxygens (including phenoxy) is 2. The Morgan fingerprint density at radius 2 is 1.74 bits per heavy atom. The van der Waals surface area contributed by atoms with Crippen LogP contribution in [0.15, 0.2) is 64.0 Å². The SMILES string of the molecule is CC(=O)OCC1=CS[C@H]2C(NC(=O)Cc3ccc(Cl)cc3)C(=O)N2C1C(=O)OCC(=O)c1ccc(Br)cc1. The Bertz CT molecular complexity index is 1300. The van der Waals surface area contributed by atoms with Crippen LogP contribution in [-0.2, 0) is 35.1 Å². The Morgan fingerprint density at radius 1 is 1.05 bits per heavy atom. The number of β-lactam (4-membered cyclic amide) rings is 1. The van der Waals surface area contributed by atoms with E-state index in [-0.39, 0.29) is 18.9 Å². The highest BCUT2D eigenvalue weighted by Crippen LogP contribution is 2.40. The number of Topliss-reactive ketones (excluding diaryl/α,β-unsaturated/α-hetero) is 1. The lowest BCUT2D eigenvalue weighted by Crippen LogP contribution is -2.74. The molecular formula is C26H22BrClN2O7S. The van der Waals surface area contributed by atoms with Crippen LogP contribution in [0.1, 0.15) is 22.8 Å². The van der Waals surface area contributed by atoms with Gasteiger partial charge in [-0.05, 0) is 35.2 Å². The molecule has 0 bridgehead atoms. The molecule has 2 aliphatic heterocycles. The predicted octanol–water partition coefficient (Wildman–Crippen LogP) is 3.29. The van der Waals surface area contributed by atoms with Gasteiger partial charge >= 0.3 is 11.9 Å². The summed E-state index contributed by atoms with van der Waals surface area (Å²) in [7, 11) is 0. The van der Waals surface area contributed by atoms with Gasteiger partial charge in [0.2, 0.25) is 11.8 Å². The molecule has 0 aromatic heterocycles. The van der Waals surface area contributed by atoms with Crippen LogP contribution in [0.3, 0.4) is 0 Å². The van der Waals surface area contributed by atoms with E-state index in [9.17, 15) is 24.0 Å². The molecule has 0 radical (unpaired) electrons. The molecule has 0 aliphatic carbocycles. The van der Waals surface area contributed by atoms with E-state index in [0.29, 0.717) is 16.2 Å². The maximum Gasteiger partial charge on any atom is 0.333 e. The van der Waals surface area contributed by atoms with Gasteiger partial charge in [-0.25, -0.2) is 4.79 Å². The Morgan fingerprint density at radius 3 is 2.39 bits per heavy atom. The lowest BCUT2D eigenvalue weighted by molar-refractivity contribution is -0.163. The van der Waals surface area contributed by atoms with E-state index in [0.717, 1.165) is 10.0 Å². The van der Waals surface area contributed by atoms with Crippen LogP contribution in [-0.4, -0.2) is 65.1 Å². The predicted molar refractivity (Wildman–Crippen MR) is 143 cm³/mol. The van der Waals surface area contributed by atoms with Crippen molar-refractivity contribution in [1.82, 2.24) is 10.2 Å². The standard InChI is InChI=1S/C26H22BrClN2O7S/c1-14(31)36-11-17-13-38-25-22(29-21(33)10-15-2-8-19(28)9-3-15)24(34)30(25)23(17)26(35)37-12-20(32)16-4-6-18(27)7-5-16/h2-9,13,22-23,25H,10-12H2,1H3,(H,29,33)/t22?,23?,25-/m0/s1. The van der Waals surface area contributed by atoms with Gasteiger partial charge in [0.15, 0.2) is 18.4 Å². The topological polar surface area (TPSA) is 119 Å². The van der Waals surface area contributed by atoms with Crippen molar-refractivity contribution in [3.05, 3.63) is 80.1 Å². The maximum atomic E-state index is 13.1. The second kappa shape index (κ2) is 12.1. The monoisotopic (exact) mass is 620 g/mol. The van der Waals surface area contributed by atoms with Crippen molar-refractivity contribution in [2.75, 3.05) is 13.2 Å². The molecule has 0 spiro atoms. The van der Waals surface area contributed by atoms with Crippen LogP contribution >= 0.6 is 39.3 Å². The first-order valence-corrected chi connectivity index (χ1v) is 13.5. The number of fused-ring (bicyclic) bond motifs is 1. The number of ketones is 1. The van der Waals surface area contributed by atoms with Crippen molar-refractivity contribution in [3.8, 4) is 0 Å². The lowest BCUT2D eigenvalue weighted by atomic mass is 9.98. The van der Waals surface area contributed by atoms with Crippen molar-refractivity contribution in [3.63, 3.8) is 0 Å². The van der Waals surface area contributed by atoms with Gasteiger partial charge in [0.05, 0.1) is 6.42 Å². The molecule has 2 aromatic rings. The summed E-state index contributed by atoms with van der Waals surface area (Å²) in [6.07, 6.45) is 0.0511. The normalized spacial score (nSPS) is 20.0. The third-order valence-corrected chi connectivity index (χ3v) is 7.84. The van der Waals surface area contributed by atoms with Crippen LogP contribution in [0.25, 0.3) is 0 Å². The fraction of sp³-hybridized carbons (Fsp3) is 0.269. The van der Waals surface area contributed by atoms with Crippen LogP contribution in [0.5, 0.6) is 0 Å². The molecule has 2 unspecified atom stereocenters. The zero-order chi connectivity index (χ0) is 27.4. The highest BCUT2D eigenvalue weighted by Gasteiger charge is 2.56. The van der Waals surface area contributed by atoms with Gasteiger partial charge < -0.3 is 19.7 Å². The van der Waals surface area contributed by atoms with E-state index < -0.39 is 47.7 Å². The minimum atomic E-state index is -1.20. The van der Waals surface area contributed by atoms with Crippen molar-refractivity contribution >= 4 is 68.8 Å². The van der Waals surface area contributed by atoms with Gasteiger partial charge in [0, 0.05) is 27.6 Å². The number of carbonyl (C=O) groups is 5. The average Bonchev–Trinajstić information content (AvgIpc) is 2.90. The van der Waals surface area contributed by atoms with E-state index in [1.807, 2.05) is 0 Å². The first kappa shape index (κ1) is 27.9. The number of hydrogen-bond acceptors (Lipinski definition) is 8. The number of amides is 2. The zero-order valence-corrected chi connectivity index (χ0v) is 23.2. The third-order valence-electron chi connectivity index (χ3n) is 5.84. The summed E-state index contributed by atoms with van der Waals surface area (Å²) in [6, 6.07) is 11.3. The van der Waals surface area contributed by atoms with Crippen LogP contribution < -0.4 is 5.32 Å². The van der Waals surface area contributed by atoms with Gasteiger partial charge in [-0.1, -0.05) is 51.8 Å². The average molecular weight is 622 g/mol. The largest absolute Gasteiger partial charge is 0.461 e. The first-order valence-electron chi connectivity index (χ1n) is 11.4. The Balaban J connectivity index is 1.44. The summed E-state index contributed by atoms with van der Waals surface area (Å²) in [6.45, 7) is 0.469. The van der Waals surface area contributed by atoms with E-state index in [1.165, 1.54) is 23.6 Å². The molecule has 2 heterocycles. The van der Waals surface area contributed by atoms with Gasteiger partial charge in [-0.3, -0.25) is 19.2 Å². The number of rotatable bonds is 9. The summed E-state index contributed by atoms with van der Waals surface area (Å²) in [5, 5.41) is 4.32. The molecule has 3 atom stereocenters. The number of thioether (sulfide) groups is 1. The number of nitrogens with one attached hydrogen (secondary N) is 1. The molecule has 4 rings (SSSR count). The van der Waals surface area contributed by atoms with E-state index in [4.69, 9.17) is 21.1 Å². The molecular weight excluding hydrogens is 600 g/mol. The number of carbonyl (C=O) groups excluding carboxylic acids is 5. The minimum Gasteiger partial charge on any atom is -0.461 e. The van der Waals surface area contributed by atoms with Gasteiger partial charge in [-0.15, -0.1) is 11.8 Å². The van der Waals surface area contributed by atoms with Gasteiger partial charge in [0.25, 0.3) is 0 Å². The second-order valence-corrected chi connectivity index (χ2v) is 10.9. The number of halogens is 2. The fourth-order valence-electron chi connectivity index (χ4n) is 3.95. The van der Waals surface area contributed by atoms with E-state index in [1.54, 1.807) is 53.9 Å². The highest BCUT2D eigenvalue weighted by molar-refractivity contribution is 9.10. The van der Waals surface area contributed by atoms with E-state index >= 15 is 0 Å². The molecule has 2 amide bonds. The Kier molecular flexibility index (Phi) is 8.91. The summed E-state index contributed by atoms with van der Waals surface area (Å²) >= 11 is 10.4. The number of hydrogen-bond donors (Lipinski definition) is 1. The molecule has 9 nitrogen and oxygen atoms in total. The molecule has 1 fully saturated rings. The summed E-state index contributed by atoms with van der Waals surface area (Å²) < 4.78 is 11.1. The Hall–Kier alpha value is -3.15. The van der Waals surface area contributed by atoms with Crippen molar-refractivity contribution in [1.29, 1.82) is 0 Å². The van der Waals surface area contributed by atoms with Gasteiger partial charge in [0.1, 0.15) is 18.0 Å².